The third-order valence-electron chi connectivity index (χ3n) is 5.58. The van der Waals surface area contributed by atoms with Crippen LogP contribution in [0.4, 0.5) is 0 Å². The lowest BCUT2D eigenvalue weighted by Crippen LogP contribution is -2.20. The molecule has 0 spiro atoms. The lowest BCUT2D eigenvalue weighted by atomic mass is 9.98. The largest absolute Gasteiger partial charge is 0.458 e. The zero-order valence-electron chi connectivity index (χ0n) is 28.1. The molecule has 0 saturated heterocycles. The molecule has 2 aromatic rings. The maximum atomic E-state index is 12.1. The molecule has 49 heavy (non-hydrogen) atoms. The Labute approximate surface area is 284 Å². The van der Waals surface area contributed by atoms with Crippen molar-refractivity contribution in [2.75, 3.05) is 0 Å². The second kappa shape index (κ2) is 18.7. The molecule has 258 valence electrons. The van der Waals surface area contributed by atoms with Crippen molar-refractivity contribution in [1.29, 1.82) is 0 Å². The number of esters is 4. The van der Waals surface area contributed by atoms with Crippen LogP contribution in [0.3, 0.4) is 0 Å². The van der Waals surface area contributed by atoms with Crippen LogP contribution in [0.1, 0.15) is 41.5 Å². The van der Waals surface area contributed by atoms with Gasteiger partial charge in [-0.2, -0.15) is 0 Å². The lowest BCUT2D eigenvalue weighted by molar-refractivity contribution is -0.147. The van der Waals surface area contributed by atoms with Crippen LogP contribution in [0.2, 0.25) is 0 Å². The van der Waals surface area contributed by atoms with Crippen molar-refractivity contribution in [3.8, 4) is 34.1 Å². The van der Waals surface area contributed by atoms with Gasteiger partial charge in [-0.15, -0.1) is 0 Å². The number of hydrogen-bond donors (Lipinski definition) is 0. The third kappa shape index (κ3) is 13.5. The highest BCUT2D eigenvalue weighted by molar-refractivity contribution is 5.88. The molecule has 0 atom stereocenters. The standard InChI is InChI=1S/C37H38O12/c1-24(2)33(38)46-18-14-42-29-12-10-27(22-31(29)44-16-20-48-35(40)26(5)6)28-11-13-30(43-15-19-47-34(39)25(3)4)32(23-28)45-17-21-49-36(41)37(7,8)9/h10-23H,1,3,5H2,2,4,6-9H3/b18-14+,19-15+,20-16+,21-17+. The first kappa shape index (κ1) is 38.9. The molecule has 12 heteroatoms. The highest BCUT2D eigenvalue weighted by atomic mass is 16.6. The minimum Gasteiger partial charge on any atom is -0.458 e. The summed E-state index contributed by atoms with van der Waals surface area (Å²) in [7, 11) is 0. The van der Waals surface area contributed by atoms with Crippen molar-refractivity contribution >= 4 is 23.9 Å². The smallest absolute Gasteiger partial charge is 0.338 e. The summed E-state index contributed by atoms with van der Waals surface area (Å²) in [6.45, 7) is 20.2. The fraction of sp³-hybridized carbons (Fsp3) is 0.189. The van der Waals surface area contributed by atoms with E-state index >= 15 is 0 Å². The molecule has 2 aromatic carbocycles. The lowest BCUT2D eigenvalue weighted by Gasteiger charge is -2.14. The summed E-state index contributed by atoms with van der Waals surface area (Å²) in [5.74, 6) is -1.60. The van der Waals surface area contributed by atoms with E-state index in [9.17, 15) is 19.2 Å². The van der Waals surface area contributed by atoms with Gasteiger partial charge in [0.15, 0.2) is 23.0 Å². The first-order chi connectivity index (χ1) is 23.1. The molecule has 0 bridgehead atoms. The molecule has 0 aliphatic heterocycles. The van der Waals surface area contributed by atoms with Gasteiger partial charge in [-0.05, 0) is 76.9 Å². The maximum absolute atomic E-state index is 12.1. The minimum atomic E-state index is -0.730. The van der Waals surface area contributed by atoms with Gasteiger partial charge in [0.2, 0.25) is 0 Å². The molecule has 0 unspecified atom stereocenters. The maximum Gasteiger partial charge on any atom is 0.338 e. The first-order valence-electron chi connectivity index (χ1n) is 14.5. The molecule has 0 radical (unpaired) electrons. The summed E-state index contributed by atoms with van der Waals surface area (Å²) in [4.78, 5) is 47.1. The Morgan fingerprint density at radius 2 is 0.796 bits per heavy atom. The van der Waals surface area contributed by atoms with E-state index in [1.54, 1.807) is 57.2 Å². The highest BCUT2D eigenvalue weighted by Gasteiger charge is 2.22. The Morgan fingerprint density at radius 3 is 1.10 bits per heavy atom. The second-order valence-electron chi connectivity index (χ2n) is 11.1. The minimum absolute atomic E-state index is 0.176. The molecule has 0 aliphatic carbocycles. The Kier molecular flexibility index (Phi) is 14.9. The molecule has 0 saturated carbocycles. The van der Waals surface area contributed by atoms with Gasteiger partial charge in [-0.3, -0.25) is 4.79 Å². The van der Waals surface area contributed by atoms with Crippen LogP contribution in [0, 0.1) is 5.41 Å². The number of ether oxygens (including phenoxy) is 8. The van der Waals surface area contributed by atoms with E-state index in [-0.39, 0.29) is 39.7 Å². The fourth-order valence-electron chi connectivity index (χ4n) is 3.00. The monoisotopic (exact) mass is 674 g/mol. The summed E-state index contributed by atoms with van der Waals surface area (Å²) < 4.78 is 42.5. The van der Waals surface area contributed by atoms with E-state index in [1.165, 1.54) is 20.8 Å². The third-order valence-corrected chi connectivity index (χ3v) is 5.58. The Balaban J connectivity index is 2.44. The molecule has 0 N–H and O–H groups in total. The Bertz CT molecular complexity index is 1700. The first-order valence-corrected chi connectivity index (χ1v) is 14.5. The number of hydrogen-bond acceptors (Lipinski definition) is 12. The molecular weight excluding hydrogens is 636 g/mol. The van der Waals surface area contributed by atoms with Crippen molar-refractivity contribution in [3.63, 3.8) is 0 Å². The number of carbonyl (C=O) groups excluding carboxylic acids is 4. The van der Waals surface area contributed by atoms with Crippen molar-refractivity contribution in [2.24, 2.45) is 5.41 Å². The molecule has 0 fully saturated rings. The summed E-state index contributed by atoms with van der Waals surface area (Å²) in [5.41, 5.74) is 1.10. The van der Waals surface area contributed by atoms with Gasteiger partial charge in [0, 0.05) is 16.7 Å². The van der Waals surface area contributed by atoms with Gasteiger partial charge in [-0.1, -0.05) is 31.9 Å². The summed E-state index contributed by atoms with van der Waals surface area (Å²) in [6, 6.07) is 9.83. The van der Waals surface area contributed by atoms with Crippen LogP contribution in [-0.2, 0) is 38.1 Å². The quantitative estimate of drug-likeness (QED) is 0.0745. The summed E-state index contributed by atoms with van der Waals surface area (Å²) >= 11 is 0. The van der Waals surface area contributed by atoms with Crippen molar-refractivity contribution in [3.05, 3.63) is 123 Å². The van der Waals surface area contributed by atoms with Crippen LogP contribution in [-0.4, -0.2) is 23.9 Å². The van der Waals surface area contributed by atoms with Gasteiger partial charge < -0.3 is 37.9 Å². The Hall–Kier alpha value is -6.30. The van der Waals surface area contributed by atoms with E-state index in [4.69, 9.17) is 37.9 Å². The molecule has 0 aromatic heterocycles. The molecule has 2 rings (SSSR count). The predicted molar refractivity (Wildman–Crippen MR) is 179 cm³/mol. The average Bonchev–Trinajstić information content (AvgIpc) is 3.04. The molecular formula is C37H38O12. The van der Waals surface area contributed by atoms with Crippen LogP contribution in [0.15, 0.2) is 123 Å². The van der Waals surface area contributed by atoms with Crippen LogP contribution >= 0.6 is 0 Å². The van der Waals surface area contributed by atoms with Crippen molar-refractivity contribution in [1.82, 2.24) is 0 Å². The number of carbonyl (C=O) groups is 4. The predicted octanol–water partition coefficient (Wildman–Crippen LogP) is 7.70. The van der Waals surface area contributed by atoms with Gasteiger partial charge in [-0.25, -0.2) is 14.4 Å². The molecule has 0 heterocycles. The summed E-state index contributed by atoms with van der Waals surface area (Å²) in [5, 5.41) is 0. The van der Waals surface area contributed by atoms with E-state index in [0.717, 1.165) is 50.1 Å². The van der Waals surface area contributed by atoms with Gasteiger partial charge >= 0.3 is 23.9 Å². The fourth-order valence-corrected chi connectivity index (χ4v) is 3.00. The van der Waals surface area contributed by atoms with Gasteiger partial charge in [0.1, 0.15) is 50.1 Å². The van der Waals surface area contributed by atoms with E-state index in [1.807, 2.05) is 0 Å². The highest BCUT2D eigenvalue weighted by Crippen LogP contribution is 2.37. The van der Waals surface area contributed by atoms with Gasteiger partial charge in [0.25, 0.3) is 0 Å². The SMILES string of the molecule is C=C(C)C(=O)O/C=C/Oc1ccc(-c2ccc(O/C=C/OC(=O)C(=C)C)c(O/C=C/OC(=O)C(C)(C)C)c2)cc1O/C=C/OC(=O)C(=C)C. The number of rotatable bonds is 16. The normalized spacial score (nSPS) is 11.3. The van der Waals surface area contributed by atoms with E-state index in [2.05, 4.69) is 19.7 Å². The molecule has 0 amide bonds. The van der Waals surface area contributed by atoms with Crippen LogP contribution < -0.4 is 18.9 Å². The molecule has 0 aliphatic rings. The summed E-state index contributed by atoms with van der Waals surface area (Å²) in [6.07, 6.45) is 8.78. The molecule has 12 nitrogen and oxygen atoms in total. The average molecular weight is 675 g/mol. The van der Waals surface area contributed by atoms with Crippen molar-refractivity contribution in [2.45, 2.75) is 41.5 Å². The zero-order valence-corrected chi connectivity index (χ0v) is 28.1. The topological polar surface area (TPSA) is 142 Å². The van der Waals surface area contributed by atoms with E-state index in [0.29, 0.717) is 11.1 Å². The van der Waals surface area contributed by atoms with Crippen LogP contribution in [0.5, 0.6) is 23.0 Å². The van der Waals surface area contributed by atoms with Crippen molar-refractivity contribution < 1.29 is 57.1 Å². The number of benzene rings is 2. The van der Waals surface area contributed by atoms with E-state index < -0.39 is 29.3 Å². The van der Waals surface area contributed by atoms with Gasteiger partial charge in [0.05, 0.1) is 5.41 Å². The van der Waals surface area contributed by atoms with Crippen LogP contribution in [0.25, 0.3) is 11.1 Å². The second-order valence-corrected chi connectivity index (χ2v) is 11.1. The Morgan fingerprint density at radius 1 is 0.490 bits per heavy atom. The zero-order chi connectivity index (χ0) is 36.6.